The predicted octanol–water partition coefficient (Wildman–Crippen LogP) is 2.76. The summed E-state index contributed by atoms with van der Waals surface area (Å²) in [6.07, 6.45) is -5.06. The summed E-state index contributed by atoms with van der Waals surface area (Å²) in [6, 6.07) is 7.97. The maximum Gasteiger partial charge on any atom is 0.390 e. The number of rotatable bonds is 5. The molecule has 1 heterocycles. The molecule has 25 heavy (non-hydrogen) atoms. The van der Waals surface area contributed by atoms with Crippen molar-refractivity contribution in [2.24, 2.45) is 4.99 Å². The van der Waals surface area contributed by atoms with Gasteiger partial charge < -0.3 is 20.3 Å². The summed E-state index contributed by atoms with van der Waals surface area (Å²) in [5, 5.41) is 5.75. The standard InChI is InChI=1S/C16H23F3N4O.HI/c1-20-15(21-7-6-16(17,18)19)22-12-13-4-2-3-5-14(13)23-8-10-24-11-9-23;/h2-5H,6-12H2,1H3,(H2,20,21,22);1H. The van der Waals surface area contributed by atoms with E-state index in [1.54, 1.807) is 0 Å². The molecule has 9 heteroatoms. The SMILES string of the molecule is CN=C(NCCC(F)(F)F)NCc1ccccc1N1CCOCC1.I. The highest BCUT2D eigenvalue weighted by Gasteiger charge is 2.26. The van der Waals surface area contributed by atoms with Gasteiger partial charge in [0.1, 0.15) is 0 Å². The first kappa shape index (κ1) is 21.8. The van der Waals surface area contributed by atoms with Gasteiger partial charge in [-0.25, -0.2) is 0 Å². The van der Waals surface area contributed by atoms with Gasteiger partial charge in [0, 0.05) is 38.9 Å². The molecule has 0 aromatic heterocycles. The van der Waals surface area contributed by atoms with E-state index in [2.05, 4.69) is 20.5 Å². The average Bonchev–Trinajstić information content (AvgIpc) is 2.58. The first-order valence-corrected chi connectivity index (χ1v) is 7.91. The van der Waals surface area contributed by atoms with Crippen molar-refractivity contribution < 1.29 is 17.9 Å². The molecule has 1 saturated heterocycles. The molecule has 5 nitrogen and oxygen atoms in total. The summed E-state index contributed by atoms with van der Waals surface area (Å²) in [5.41, 5.74) is 2.18. The van der Waals surface area contributed by atoms with E-state index < -0.39 is 12.6 Å². The van der Waals surface area contributed by atoms with E-state index in [9.17, 15) is 13.2 Å². The van der Waals surface area contributed by atoms with Crippen molar-refractivity contribution in [2.45, 2.75) is 19.1 Å². The molecule has 1 aliphatic heterocycles. The van der Waals surface area contributed by atoms with Crippen molar-refractivity contribution in [1.29, 1.82) is 0 Å². The lowest BCUT2D eigenvalue weighted by Crippen LogP contribution is -2.40. The Morgan fingerprint density at radius 1 is 1.20 bits per heavy atom. The molecule has 0 atom stereocenters. The number of alkyl halides is 3. The molecule has 1 aromatic carbocycles. The fraction of sp³-hybridized carbons (Fsp3) is 0.562. The summed E-state index contributed by atoms with van der Waals surface area (Å²) >= 11 is 0. The maximum atomic E-state index is 12.2. The maximum absolute atomic E-state index is 12.2. The van der Waals surface area contributed by atoms with E-state index in [1.165, 1.54) is 7.05 Å². The molecule has 0 saturated carbocycles. The van der Waals surface area contributed by atoms with E-state index in [-0.39, 0.29) is 30.5 Å². The van der Waals surface area contributed by atoms with E-state index >= 15 is 0 Å². The van der Waals surface area contributed by atoms with E-state index in [0.29, 0.717) is 25.7 Å². The zero-order chi connectivity index (χ0) is 17.4. The van der Waals surface area contributed by atoms with Crippen LogP contribution in [0.25, 0.3) is 0 Å². The number of morpholine rings is 1. The summed E-state index contributed by atoms with van der Waals surface area (Å²) in [7, 11) is 1.54. The van der Waals surface area contributed by atoms with Gasteiger partial charge >= 0.3 is 6.18 Å². The molecule has 1 aliphatic rings. The molecular formula is C16H24F3IN4O. The van der Waals surface area contributed by atoms with E-state index in [4.69, 9.17) is 4.74 Å². The van der Waals surface area contributed by atoms with Gasteiger partial charge in [0.15, 0.2) is 5.96 Å². The highest BCUT2D eigenvalue weighted by Crippen LogP contribution is 2.21. The van der Waals surface area contributed by atoms with Gasteiger partial charge in [-0.15, -0.1) is 24.0 Å². The van der Waals surface area contributed by atoms with Gasteiger partial charge in [-0.05, 0) is 11.6 Å². The Morgan fingerprint density at radius 2 is 1.88 bits per heavy atom. The largest absolute Gasteiger partial charge is 0.390 e. The van der Waals surface area contributed by atoms with E-state index in [0.717, 1.165) is 24.3 Å². The minimum absolute atomic E-state index is 0. The van der Waals surface area contributed by atoms with Gasteiger partial charge in [0.2, 0.25) is 0 Å². The lowest BCUT2D eigenvalue weighted by Gasteiger charge is -2.30. The number of hydrogen-bond acceptors (Lipinski definition) is 3. The molecule has 0 unspecified atom stereocenters. The zero-order valence-electron chi connectivity index (χ0n) is 14.1. The molecule has 0 aliphatic carbocycles. The minimum atomic E-state index is -4.17. The number of nitrogens with zero attached hydrogens (tertiary/aromatic N) is 2. The van der Waals surface area contributed by atoms with Crippen LogP contribution in [-0.4, -0.2) is 52.0 Å². The fourth-order valence-electron chi connectivity index (χ4n) is 2.50. The van der Waals surface area contributed by atoms with Gasteiger partial charge in [0.05, 0.1) is 19.6 Å². The number of hydrogen-bond donors (Lipinski definition) is 2. The van der Waals surface area contributed by atoms with Crippen molar-refractivity contribution in [2.75, 3.05) is 44.8 Å². The highest BCUT2D eigenvalue weighted by molar-refractivity contribution is 14.0. The first-order chi connectivity index (χ1) is 11.5. The highest BCUT2D eigenvalue weighted by atomic mass is 127. The summed E-state index contributed by atoms with van der Waals surface area (Å²) in [5.74, 6) is 0.357. The van der Waals surface area contributed by atoms with Crippen molar-refractivity contribution in [1.82, 2.24) is 10.6 Å². The summed E-state index contributed by atoms with van der Waals surface area (Å²) in [4.78, 5) is 6.21. The van der Waals surface area contributed by atoms with E-state index in [1.807, 2.05) is 24.3 Å². The number of anilines is 1. The lowest BCUT2D eigenvalue weighted by molar-refractivity contribution is -0.132. The van der Waals surface area contributed by atoms with Gasteiger partial charge in [-0.1, -0.05) is 18.2 Å². The Balaban J connectivity index is 0.00000312. The first-order valence-electron chi connectivity index (χ1n) is 7.91. The normalized spacial score (nSPS) is 15.5. The molecule has 2 rings (SSSR count). The summed E-state index contributed by atoms with van der Waals surface area (Å²) in [6.45, 7) is 3.34. The molecular weight excluding hydrogens is 448 g/mol. The third-order valence-electron chi connectivity index (χ3n) is 3.71. The molecule has 0 radical (unpaired) electrons. The Bertz CT molecular complexity index is 548. The van der Waals surface area contributed by atoms with Gasteiger partial charge in [-0.3, -0.25) is 4.99 Å². The Kier molecular flexibility index (Phi) is 9.33. The second kappa shape index (κ2) is 10.7. The quantitative estimate of drug-likeness (QED) is 0.393. The van der Waals surface area contributed by atoms with Crippen LogP contribution in [0.15, 0.2) is 29.3 Å². The third-order valence-corrected chi connectivity index (χ3v) is 3.71. The molecule has 0 bridgehead atoms. The number of benzene rings is 1. The molecule has 2 N–H and O–H groups in total. The van der Waals surface area contributed by atoms with Crippen LogP contribution in [0.1, 0.15) is 12.0 Å². The molecule has 142 valence electrons. The van der Waals surface area contributed by atoms with Gasteiger partial charge in [0.25, 0.3) is 0 Å². The van der Waals surface area contributed by atoms with Crippen molar-refractivity contribution in [3.05, 3.63) is 29.8 Å². The Hall–Kier alpha value is -1.23. The molecule has 1 fully saturated rings. The number of guanidine groups is 1. The van der Waals surface area contributed by atoms with Crippen molar-refractivity contribution in [3.63, 3.8) is 0 Å². The number of ether oxygens (including phenoxy) is 1. The second-order valence-corrected chi connectivity index (χ2v) is 5.45. The third kappa shape index (κ3) is 7.68. The fourth-order valence-corrected chi connectivity index (χ4v) is 2.50. The van der Waals surface area contributed by atoms with Crippen LogP contribution in [0, 0.1) is 0 Å². The Labute approximate surface area is 163 Å². The van der Waals surface area contributed by atoms with Crippen LogP contribution in [0.3, 0.4) is 0 Å². The van der Waals surface area contributed by atoms with Crippen LogP contribution in [0.4, 0.5) is 18.9 Å². The topological polar surface area (TPSA) is 48.9 Å². The zero-order valence-corrected chi connectivity index (χ0v) is 16.4. The molecule has 0 spiro atoms. The number of halogens is 4. The summed E-state index contributed by atoms with van der Waals surface area (Å²) < 4.78 is 42.0. The second-order valence-electron chi connectivity index (χ2n) is 5.45. The van der Waals surface area contributed by atoms with Crippen LogP contribution in [-0.2, 0) is 11.3 Å². The number of aliphatic imine (C=N–C) groups is 1. The smallest absolute Gasteiger partial charge is 0.378 e. The molecule has 1 aromatic rings. The number of nitrogens with one attached hydrogen (secondary N) is 2. The number of para-hydroxylation sites is 1. The van der Waals surface area contributed by atoms with Crippen molar-refractivity contribution >= 4 is 35.6 Å². The van der Waals surface area contributed by atoms with Crippen LogP contribution < -0.4 is 15.5 Å². The van der Waals surface area contributed by atoms with Crippen molar-refractivity contribution in [3.8, 4) is 0 Å². The van der Waals surface area contributed by atoms with Gasteiger partial charge in [-0.2, -0.15) is 13.2 Å². The molecule has 0 amide bonds. The monoisotopic (exact) mass is 472 g/mol. The predicted molar refractivity (Wildman–Crippen MR) is 104 cm³/mol. The lowest BCUT2D eigenvalue weighted by atomic mass is 10.1. The average molecular weight is 472 g/mol. The van der Waals surface area contributed by atoms with Crippen LogP contribution >= 0.6 is 24.0 Å². The minimum Gasteiger partial charge on any atom is -0.378 e. The van der Waals surface area contributed by atoms with Crippen LogP contribution in [0.5, 0.6) is 0 Å². The Morgan fingerprint density at radius 3 is 2.52 bits per heavy atom. The van der Waals surface area contributed by atoms with Crippen LogP contribution in [0.2, 0.25) is 0 Å².